The van der Waals surface area contributed by atoms with E-state index in [0.29, 0.717) is 0 Å². The quantitative estimate of drug-likeness (QED) is 0.675. The fraction of sp³-hybridized carbons (Fsp3) is 0.375. The average molecular weight is 396 g/mol. The van der Waals surface area contributed by atoms with Gasteiger partial charge in [0.1, 0.15) is 6.04 Å². The Morgan fingerprint density at radius 2 is 1.63 bits per heavy atom. The topological polar surface area (TPSA) is 111 Å². The highest BCUT2D eigenvalue weighted by atomic mass is 19.4. The van der Waals surface area contributed by atoms with Crippen molar-refractivity contribution in [2.24, 2.45) is 0 Å². The second-order valence-corrected chi connectivity index (χ2v) is 5.19. The van der Waals surface area contributed by atoms with Crippen LogP contribution in [0.3, 0.4) is 0 Å². The van der Waals surface area contributed by atoms with Gasteiger partial charge in [0.05, 0.1) is 14.2 Å². The summed E-state index contributed by atoms with van der Waals surface area (Å²) in [5, 5.41) is 3.99. The Morgan fingerprint density at radius 1 is 1.04 bits per heavy atom. The van der Waals surface area contributed by atoms with Crippen LogP contribution >= 0.6 is 0 Å². The van der Waals surface area contributed by atoms with Crippen molar-refractivity contribution < 1.29 is 41.8 Å². The third kappa shape index (κ3) is 6.96. The highest BCUT2D eigenvalue weighted by Gasteiger charge is 2.38. The molecule has 0 fully saturated rings. The van der Waals surface area contributed by atoms with Crippen molar-refractivity contribution in [3.8, 4) is 0 Å². The molecule has 0 saturated heterocycles. The molecule has 0 unspecified atom stereocenters. The lowest BCUT2D eigenvalue weighted by atomic mass is 10.1. The van der Waals surface area contributed by atoms with Gasteiger partial charge < -0.3 is 20.1 Å². The number of anilines is 1. The molecule has 0 radical (unpaired) electrons. The number of carbonyl (C=O) groups is 4. The molecule has 2 N–H and O–H groups in total. The summed E-state index contributed by atoms with van der Waals surface area (Å²) in [6, 6.07) is 3.40. The van der Waals surface area contributed by atoms with Crippen molar-refractivity contribution in [1.29, 1.82) is 0 Å². The fourth-order valence-electron chi connectivity index (χ4n) is 1.90. The molecule has 0 aliphatic heterocycles. The van der Waals surface area contributed by atoms with E-state index in [9.17, 15) is 32.3 Å². The van der Waals surface area contributed by atoms with Crippen LogP contribution in [0.4, 0.5) is 18.9 Å². The molecule has 27 heavy (non-hydrogen) atoms. The van der Waals surface area contributed by atoms with Gasteiger partial charge >= 0.3 is 24.0 Å². The molecule has 0 saturated carbocycles. The summed E-state index contributed by atoms with van der Waals surface area (Å²) in [7, 11) is 2.28. The van der Waals surface area contributed by atoms with Gasteiger partial charge in [-0.2, -0.15) is 13.2 Å². The number of amides is 2. The van der Waals surface area contributed by atoms with Crippen molar-refractivity contribution in [2.75, 3.05) is 19.5 Å². The van der Waals surface area contributed by atoms with E-state index in [-0.39, 0.29) is 24.1 Å². The van der Waals surface area contributed by atoms with Gasteiger partial charge in [0.2, 0.25) is 0 Å². The van der Waals surface area contributed by atoms with E-state index >= 15 is 0 Å². The lowest BCUT2D eigenvalue weighted by Crippen LogP contribution is -2.41. The van der Waals surface area contributed by atoms with Gasteiger partial charge in [0, 0.05) is 17.7 Å². The van der Waals surface area contributed by atoms with E-state index in [1.54, 1.807) is 5.32 Å². The van der Waals surface area contributed by atoms with Crippen LogP contribution in [-0.2, 0) is 23.9 Å². The first-order valence-corrected chi connectivity index (χ1v) is 7.52. The summed E-state index contributed by atoms with van der Waals surface area (Å²) in [5.41, 5.74) is -0.143. The number of hydrogen-bond acceptors (Lipinski definition) is 6. The summed E-state index contributed by atoms with van der Waals surface area (Å²) in [4.78, 5) is 45.9. The molecule has 8 nitrogen and oxygen atoms in total. The summed E-state index contributed by atoms with van der Waals surface area (Å²) >= 11 is 0. The molecule has 1 atom stereocenters. The molecule has 0 aromatic heterocycles. The number of esters is 2. The predicted octanol–water partition coefficient (Wildman–Crippen LogP) is 1.41. The van der Waals surface area contributed by atoms with Crippen molar-refractivity contribution >= 4 is 29.4 Å². The fourth-order valence-corrected chi connectivity index (χ4v) is 1.90. The van der Waals surface area contributed by atoms with Crippen LogP contribution in [0.1, 0.15) is 23.2 Å². The van der Waals surface area contributed by atoms with Crippen LogP contribution in [0.5, 0.6) is 0 Å². The van der Waals surface area contributed by atoms with Gasteiger partial charge in [0.25, 0.3) is 5.91 Å². The summed E-state index contributed by atoms with van der Waals surface area (Å²) in [5.74, 6) is -4.22. The molecule has 1 aromatic carbocycles. The van der Waals surface area contributed by atoms with Crippen molar-refractivity contribution in [3.05, 3.63) is 29.8 Å². The number of rotatable bonds is 7. The number of alkyl halides is 3. The zero-order valence-electron chi connectivity index (χ0n) is 14.4. The molecule has 1 aromatic rings. The second-order valence-electron chi connectivity index (χ2n) is 5.19. The van der Waals surface area contributed by atoms with Crippen LogP contribution in [-0.4, -0.2) is 50.2 Å². The number of hydrogen-bond donors (Lipinski definition) is 2. The first-order valence-electron chi connectivity index (χ1n) is 7.52. The van der Waals surface area contributed by atoms with Crippen LogP contribution < -0.4 is 10.6 Å². The van der Waals surface area contributed by atoms with E-state index in [0.717, 1.165) is 31.4 Å². The Morgan fingerprint density at radius 3 is 2.11 bits per heavy atom. The third-order valence-electron chi connectivity index (χ3n) is 3.32. The maximum absolute atomic E-state index is 12.2. The predicted molar refractivity (Wildman–Crippen MR) is 85.6 cm³/mol. The molecule has 2 amide bonds. The zero-order chi connectivity index (χ0) is 20.6. The van der Waals surface area contributed by atoms with Crippen LogP contribution in [0.2, 0.25) is 0 Å². The highest BCUT2D eigenvalue weighted by molar-refractivity contribution is 5.98. The van der Waals surface area contributed by atoms with Crippen LogP contribution in [0, 0.1) is 0 Å². The van der Waals surface area contributed by atoms with Gasteiger partial charge in [0.15, 0.2) is 0 Å². The standard InChI is InChI=1S/C16H17F3N2O6/c1-26-12(22)8-7-11(14(24)27-2)21-13(23)9-3-5-10(6-4-9)20-15(25)16(17,18)19/h3-6,11H,7-8H2,1-2H3,(H,20,25)(H,21,23)/t11-/m0/s1/i3+1,4+1,5+1,6+1,9+1,10+1. The Balaban J connectivity index is 2.77. The number of nitrogens with one attached hydrogen (secondary N) is 2. The van der Waals surface area contributed by atoms with E-state index < -0.39 is 36.0 Å². The zero-order valence-corrected chi connectivity index (χ0v) is 14.4. The Bertz CT molecular complexity index is 703. The van der Waals surface area contributed by atoms with Gasteiger partial charge in [-0.15, -0.1) is 0 Å². The highest BCUT2D eigenvalue weighted by Crippen LogP contribution is 2.18. The maximum Gasteiger partial charge on any atom is 0.471 e. The minimum Gasteiger partial charge on any atom is -0.469 e. The number of halogens is 3. The van der Waals surface area contributed by atoms with Crippen molar-refractivity contribution in [2.45, 2.75) is 25.1 Å². The molecule has 0 bridgehead atoms. The smallest absolute Gasteiger partial charge is 0.469 e. The van der Waals surface area contributed by atoms with E-state index in [2.05, 4.69) is 14.8 Å². The van der Waals surface area contributed by atoms with Gasteiger partial charge in [-0.25, -0.2) is 4.79 Å². The lowest BCUT2D eigenvalue weighted by molar-refractivity contribution is -0.167. The Hall–Kier alpha value is -3.11. The van der Waals surface area contributed by atoms with E-state index in [1.807, 2.05) is 0 Å². The third-order valence-corrected chi connectivity index (χ3v) is 3.32. The summed E-state index contributed by atoms with van der Waals surface area (Å²) in [6.07, 6.45) is -5.24. The summed E-state index contributed by atoms with van der Waals surface area (Å²) < 4.78 is 45.6. The van der Waals surface area contributed by atoms with Crippen molar-refractivity contribution in [3.63, 3.8) is 0 Å². The lowest BCUT2D eigenvalue weighted by Gasteiger charge is -2.16. The molecule has 0 aliphatic carbocycles. The number of methoxy groups -OCH3 is 2. The first-order chi connectivity index (χ1) is 12.6. The molecule has 11 heteroatoms. The van der Waals surface area contributed by atoms with E-state index in [1.165, 1.54) is 7.11 Å². The molecule has 0 heterocycles. The normalized spacial score (nSPS) is 11.9. The largest absolute Gasteiger partial charge is 0.471 e. The SMILES string of the molecule is COC(=O)CC[C@H](NC(=O)[13c]1[13cH][13cH][13c](NC(=O)C(F)(F)F)[13cH][13cH]1)C(=O)OC. The number of ether oxygens (including phenoxy) is 2. The van der Waals surface area contributed by atoms with E-state index in [4.69, 9.17) is 0 Å². The van der Waals surface area contributed by atoms with Gasteiger partial charge in [-0.1, -0.05) is 0 Å². The van der Waals surface area contributed by atoms with Crippen LogP contribution in [0.25, 0.3) is 0 Å². The molecule has 1 rings (SSSR count). The molecular formula is C16H17F3N2O6. The summed E-state index contributed by atoms with van der Waals surface area (Å²) in [6.45, 7) is 0. The first kappa shape index (κ1) is 21.9. The maximum atomic E-state index is 12.2. The van der Waals surface area contributed by atoms with Gasteiger partial charge in [-0.05, 0) is 30.7 Å². The Labute approximate surface area is 152 Å². The minimum atomic E-state index is -5.04. The number of benzene rings is 1. The van der Waals surface area contributed by atoms with Gasteiger partial charge in [-0.3, -0.25) is 14.4 Å². The molecule has 0 aliphatic rings. The van der Waals surface area contributed by atoms with Crippen LogP contribution in [0.15, 0.2) is 24.3 Å². The minimum absolute atomic E-state index is 0.0204. The molecular weight excluding hydrogens is 379 g/mol. The monoisotopic (exact) mass is 396 g/mol. The molecule has 0 spiro atoms. The number of carbonyl (C=O) groups excluding carboxylic acids is 4. The average Bonchev–Trinajstić information content (AvgIpc) is 2.63. The molecule has 148 valence electrons. The van der Waals surface area contributed by atoms with Crippen molar-refractivity contribution in [1.82, 2.24) is 5.32 Å². The second kappa shape index (κ2) is 9.55. The Kier molecular flexibility index (Phi) is 7.76.